The summed E-state index contributed by atoms with van der Waals surface area (Å²) in [5, 5.41) is 0. The molecule has 1 aliphatic rings. The summed E-state index contributed by atoms with van der Waals surface area (Å²) in [5.74, 6) is 0.844. The zero-order valence-corrected chi connectivity index (χ0v) is 20.5. The van der Waals surface area contributed by atoms with Crippen LogP contribution in [0, 0.1) is 0 Å². The predicted octanol–water partition coefficient (Wildman–Crippen LogP) is 6.03. The Labute approximate surface area is 216 Å². The Morgan fingerprint density at radius 1 is 0.676 bits per heavy atom. The minimum absolute atomic E-state index is 0.0186. The van der Waals surface area contributed by atoms with Crippen LogP contribution in [-0.2, 0) is 9.59 Å². The largest absolute Gasteiger partial charge is 0.494 e. The van der Waals surface area contributed by atoms with Crippen LogP contribution < -0.4 is 14.4 Å². The Kier molecular flexibility index (Phi) is 9.02. The van der Waals surface area contributed by atoms with Gasteiger partial charge in [0.05, 0.1) is 18.9 Å². The topological polar surface area (TPSA) is 72.9 Å². The molecule has 0 atom stereocenters. The lowest BCUT2D eigenvalue weighted by molar-refractivity contribution is -0.119. The zero-order chi connectivity index (χ0) is 25.9. The second-order valence-electron chi connectivity index (χ2n) is 8.58. The van der Waals surface area contributed by atoms with Gasteiger partial charge in [-0.3, -0.25) is 14.4 Å². The molecule has 3 aromatic rings. The van der Waals surface area contributed by atoms with E-state index in [1.165, 1.54) is 12.2 Å². The van der Waals surface area contributed by atoms with E-state index in [1.54, 1.807) is 42.5 Å². The van der Waals surface area contributed by atoms with Crippen LogP contribution in [0.1, 0.15) is 41.6 Å². The number of ketones is 1. The summed E-state index contributed by atoms with van der Waals surface area (Å²) < 4.78 is 11.6. The van der Waals surface area contributed by atoms with Crippen LogP contribution in [0.15, 0.2) is 97.1 Å². The quantitative estimate of drug-likeness (QED) is 0.125. The first-order valence-electron chi connectivity index (χ1n) is 12.4. The van der Waals surface area contributed by atoms with Gasteiger partial charge in [0.25, 0.3) is 11.8 Å². The van der Waals surface area contributed by atoms with E-state index in [-0.39, 0.29) is 17.6 Å². The van der Waals surface area contributed by atoms with Crippen LogP contribution >= 0.6 is 0 Å². The van der Waals surface area contributed by atoms with Crippen molar-refractivity contribution in [3.05, 3.63) is 108 Å². The molecule has 3 aromatic carbocycles. The van der Waals surface area contributed by atoms with Crippen molar-refractivity contribution in [3.63, 3.8) is 0 Å². The summed E-state index contributed by atoms with van der Waals surface area (Å²) in [6.07, 6.45) is 9.88. The third-order valence-corrected chi connectivity index (χ3v) is 5.85. The first-order chi connectivity index (χ1) is 18.1. The highest BCUT2D eigenvalue weighted by atomic mass is 16.5. The molecule has 0 bridgehead atoms. The normalized spacial score (nSPS) is 12.9. The third kappa shape index (κ3) is 7.51. The molecule has 37 heavy (non-hydrogen) atoms. The summed E-state index contributed by atoms with van der Waals surface area (Å²) in [6.45, 7) is 1.25. The summed E-state index contributed by atoms with van der Waals surface area (Å²) in [6, 6.07) is 23.9. The number of imide groups is 1. The Bertz CT molecular complexity index is 1240. The van der Waals surface area contributed by atoms with Gasteiger partial charge in [0, 0.05) is 17.7 Å². The van der Waals surface area contributed by atoms with Crippen LogP contribution in [0.5, 0.6) is 11.5 Å². The van der Waals surface area contributed by atoms with E-state index in [0.29, 0.717) is 30.2 Å². The van der Waals surface area contributed by atoms with Gasteiger partial charge in [-0.15, -0.1) is 0 Å². The number of carbonyl (C=O) groups excluding carboxylic acids is 3. The van der Waals surface area contributed by atoms with E-state index >= 15 is 0 Å². The highest BCUT2D eigenvalue weighted by Gasteiger charge is 2.24. The number of rotatable bonds is 13. The molecule has 0 saturated carbocycles. The van der Waals surface area contributed by atoms with Gasteiger partial charge in [0.2, 0.25) is 0 Å². The van der Waals surface area contributed by atoms with Crippen LogP contribution in [0.2, 0.25) is 0 Å². The summed E-state index contributed by atoms with van der Waals surface area (Å²) >= 11 is 0. The summed E-state index contributed by atoms with van der Waals surface area (Å²) in [5.41, 5.74) is 2.16. The Morgan fingerprint density at radius 3 is 1.78 bits per heavy atom. The number of amides is 2. The Hall–Kier alpha value is -4.45. The molecular formula is C31H29NO5. The van der Waals surface area contributed by atoms with Gasteiger partial charge in [-0.05, 0) is 73.7 Å². The van der Waals surface area contributed by atoms with Gasteiger partial charge in [-0.25, -0.2) is 4.90 Å². The molecule has 0 unspecified atom stereocenters. The molecule has 0 spiro atoms. The summed E-state index contributed by atoms with van der Waals surface area (Å²) in [4.78, 5) is 36.8. The molecule has 6 heteroatoms. The van der Waals surface area contributed by atoms with Gasteiger partial charge in [0.1, 0.15) is 11.5 Å². The maximum Gasteiger partial charge on any atom is 0.258 e. The number of hydrogen-bond acceptors (Lipinski definition) is 5. The number of carbonyl (C=O) groups is 3. The lowest BCUT2D eigenvalue weighted by Crippen LogP contribution is -2.29. The van der Waals surface area contributed by atoms with Crippen molar-refractivity contribution in [1.82, 2.24) is 0 Å². The van der Waals surface area contributed by atoms with E-state index in [0.717, 1.165) is 41.9 Å². The number of unbranched alkanes of at least 4 members (excludes halogenated alkanes) is 3. The van der Waals surface area contributed by atoms with Crippen molar-refractivity contribution in [2.45, 2.75) is 25.7 Å². The molecule has 1 heterocycles. The minimum atomic E-state index is -0.330. The molecule has 0 aliphatic carbocycles. The molecule has 0 saturated heterocycles. The van der Waals surface area contributed by atoms with Gasteiger partial charge >= 0.3 is 0 Å². The highest BCUT2D eigenvalue weighted by Crippen LogP contribution is 2.22. The van der Waals surface area contributed by atoms with Gasteiger partial charge < -0.3 is 9.47 Å². The van der Waals surface area contributed by atoms with E-state index in [4.69, 9.17) is 9.47 Å². The second-order valence-corrected chi connectivity index (χ2v) is 8.58. The van der Waals surface area contributed by atoms with E-state index in [1.807, 2.05) is 48.5 Å². The second kappa shape index (κ2) is 13.0. The van der Waals surface area contributed by atoms with Crippen molar-refractivity contribution < 1.29 is 23.9 Å². The smallest absolute Gasteiger partial charge is 0.258 e. The van der Waals surface area contributed by atoms with Crippen molar-refractivity contribution >= 4 is 29.4 Å². The van der Waals surface area contributed by atoms with Crippen LogP contribution in [-0.4, -0.2) is 30.8 Å². The van der Waals surface area contributed by atoms with Gasteiger partial charge in [-0.2, -0.15) is 0 Å². The van der Waals surface area contributed by atoms with Crippen molar-refractivity contribution in [1.29, 1.82) is 0 Å². The standard InChI is InChI=1S/C31H29NO5/c33-29(25-8-4-3-5-9-25)19-12-24-10-15-27(16-11-24)36-22-6-1-2-7-23-37-28-17-13-26(14-18-28)32-30(34)20-21-31(32)35/h3-5,8-21H,1-2,6-7,22-23H2. The number of nitrogens with zero attached hydrogens (tertiary/aromatic N) is 1. The first kappa shape index (κ1) is 25.6. The van der Waals surface area contributed by atoms with Crippen LogP contribution in [0.4, 0.5) is 5.69 Å². The Balaban J connectivity index is 1.07. The zero-order valence-electron chi connectivity index (χ0n) is 20.5. The third-order valence-electron chi connectivity index (χ3n) is 5.85. The highest BCUT2D eigenvalue weighted by molar-refractivity contribution is 6.28. The Morgan fingerprint density at radius 2 is 1.22 bits per heavy atom. The monoisotopic (exact) mass is 495 g/mol. The lowest BCUT2D eigenvalue weighted by Gasteiger charge is -2.14. The SMILES string of the molecule is O=C(C=Cc1ccc(OCCCCCCOc2ccc(N3C(=O)C=CC3=O)cc2)cc1)c1ccccc1. The molecule has 0 aromatic heterocycles. The number of allylic oxidation sites excluding steroid dienone is 1. The van der Waals surface area contributed by atoms with Crippen molar-refractivity contribution in [3.8, 4) is 11.5 Å². The number of benzene rings is 3. The molecule has 6 nitrogen and oxygen atoms in total. The first-order valence-corrected chi connectivity index (χ1v) is 12.4. The number of hydrogen-bond donors (Lipinski definition) is 0. The average molecular weight is 496 g/mol. The van der Waals surface area contributed by atoms with Crippen LogP contribution in [0.3, 0.4) is 0 Å². The molecule has 1 aliphatic heterocycles. The van der Waals surface area contributed by atoms with E-state index in [2.05, 4.69) is 0 Å². The van der Waals surface area contributed by atoms with Gasteiger partial charge in [0.15, 0.2) is 5.78 Å². The fraction of sp³-hybridized carbons (Fsp3) is 0.194. The molecular weight excluding hydrogens is 466 g/mol. The number of ether oxygens (including phenoxy) is 2. The molecule has 0 radical (unpaired) electrons. The van der Waals surface area contributed by atoms with Crippen LogP contribution in [0.25, 0.3) is 6.08 Å². The van der Waals surface area contributed by atoms with E-state index in [9.17, 15) is 14.4 Å². The van der Waals surface area contributed by atoms with E-state index < -0.39 is 0 Å². The fourth-order valence-electron chi connectivity index (χ4n) is 3.83. The maximum absolute atomic E-state index is 12.2. The molecule has 0 N–H and O–H groups in total. The molecule has 4 rings (SSSR count). The lowest BCUT2D eigenvalue weighted by atomic mass is 10.1. The molecule has 2 amide bonds. The molecule has 188 valence electrons. The number of anilines is 1. The fourth-order valence-corrected chi connectivity index (χ4v) is 3.83. The molecule has 0 fully saturated rings. The maximum atomic E-state index is 12.2. The van der Waals surface area contributed by atoms with Crippen molar-refractivity contribution in [2.24, 2.45) is 0 Å². The minimum Gasteiger partial charge on any atom is -0.494 e. The van der Waals surface area contributed by atoms with Crippen molar-refractivity contribution in [2.75, 3.05) is 18.1 Å². The van der Waals surface area contributed by atoms with Gasteiger partial charge in [-0.1, -0.05) is 48.5 Å². The summed E-state index contributed by atoms with van der Waals surface area (Å²) in [7, 11) is 0. The predicted molar refractivity (Wildman–Crippen MR) is 144 cm³/mol. The average Bonchev–Trinajstić information content (AvgIpc) is 3.27.